The Kier molecular flexibility index (Phi) is 3.87. The largest absolute Gasteiger partial charge is 0.465 e. The average Bonchev–Trinajstić information content (AvgIpc) is 2.94. The van der Waals surface area contributed by atoms with Gasteiger partial charge in [-0.3, -0.25) is 9.52 Å². The molecule has 2 heterocycles. The molecule has 0 saturated carbocycles. The summed E-state index contributed by atoms with van der Waals surface area (Å²) in [6.07, 6.45) is 0. The van der Waals surface area contributed by atoms with Gasteiger partial charge < -0.3 is 9.73 Å². The Morgan fingerprint density at radius 1 is 1.35 bits per heavy atom. The van der Waals surface area contributed by atoms with Crippen LogP contribution in [0, 0.1) is 13.8 Å². The number of amides is 1. The first-order chi connectivity index (χ1) is 9.35. The zero-order valence-corrected chi connectivity index (χ0v) is 12.8. The van der Waals surface area contributed by atoms with Crippen LogP contribution < -0.4 is 10.0 Å². The Morgan fingerprint density at radius 3 is 2.60 bits per heavy atom. The van der Waals surface area contributed by atoms with E-state index >= 15 is 0 Å². The molecule has 8 heteroatoms. The maximum Gasteiger partial charge on any atom is 0.266 e. The van der Waals surface area contributed by atoms with E-state index in [9.17, 15) is 13.2 Å². The van der Waals surface area contributed by atoms with Crippen LogP contribution in [0.4, 0.5) is 5.00 Å². The fourth-order valence-electron chi connectivity index (χ4n) is 1.75. The smallest absolute Gasteiger partial charge is 0.266 e. The minimum absolute atomic E-state index is 0.0752. The third kappa shape index (κ3) is 2.70. The number of furan rings is 1. The number of hydrogen-bond acceptors (Lipinski definition) is 5. The van der Waals surface area contributed by atoms with Crippen LogP contribution in [-0.2, 0) is 10.0 Å². The van der Waals surface area contributed by atoms with Gasteiger partial charge in [-0.1, -0.05) is 0 Å². The molecule has 0 aliphatic carbocycles. The number of hydrogen-bond donors (Lipinski definition) is 2. The quantitative estimate of drug-likeness (QED) is 0.904. The standard InChI is InChI=1S/C12H14N2O4S2/c1-7-6-10(8(2)18-7)20(16,17)14-12-9(4-5-19-12)11(15)13-3/h4-6,14H,1-3H3,(H,13,15). The summed E-state index contributed by atoms with van der Waals surface area (Å²) in [7, 11) is -2.28. The van der Waals surface area contributed by atoms with Gasteiger partial charge in [-0.25, -0.2) is 8.42 Å². The molecule has 2 N–H and O–H groups in total. The van der Waals surface area contributed by atoms with Gasteiger partial charge in [0.05, 0.1) is 5.56 Å². The molecule has 6 nitrogen and oxygen atoms in total. The molecule has 0 aliphatic rings. The van der Waals surface area contributed by atoms with Gasteiger partial charge in [-0.15, -0.1) is 11.3 Å². The summed E-state index contributed by atoms with van der Waals surface area (Å²) in [5, 5.41) is 4.39. The summed E-state index contributed by atoms with van der Waals surface area (Å²) in [4.78, 5) is 11.7. The molecule has 2 aromatic rings. The highest BCUT2D eigenvalue weighted by Crippen LogP contribution is 2.28. The van der Waals surface area contributed by atoms with Crippen LogP contribution in [0.3, 0.4) is 0 Å². The molecule has 0 aromatic carbocycles. The normalized spacial score (nSPS) is 11.3. The molecule has 108 valence electrons. The number of nitrogens with one attached hydrogen (secondary N) is 2. The molecule has 2 rings (SSSR count). The Morgan fingerprint density at radius 2 is 2.05 bits per heavy atom. The van der Waals surface area contributed by atoms with Crippen molar-refractivity contribution in [3.8, 4) is 0 Å². The van der Waals surface area contributed by atoms with Gasteiger partial charge in [0.25, 0.3) is 15.9 Å². The van der Waals surface area contributed by atoms with Crippen molar-refractivity contribution >= 4 is 32.3 Å². The van der Waals surface area contributed by atoms with Crippen molar-refractivity contribution in [3.63, 3.8) is 0 Å². The zero-order valence-electron chi connectivity index (χ0n) is 11.2. The van der Waals surface area contributed by atoms with Crippen LogP contribution in [0.5, 0.6) is 0 Å². The van der Waals surface area contributed by atoms with Gasteiger partial charge in [-0.05, 0) is 25.3 Å². The van der Waals surface area contributed by atoms with E-state index in [1.807, 2.05) is 0 Å². The van der Waals surface area contributed by atoms with Gasteiger partial charge in [0.1, 0.15) is 21.4 Å². The van der Waals surface area contributed by atoms with Crippen molar-refractivity contribution in [3.05, 3.63) is 34.6 Å². The van der Waals surface area contributed by atoms with Gasteiger partial charge in [0.15, 0.2) is 0 Å². The molecular weight excluding hydrogens is 300 g/mol. The minimum Gasteiger partial charge on any atom is -0.465 e. The first-order valence-corrected chi connectivity index (χ1v) is 8.11. The fourth-order valence-corrected chi connectivity index (χ4v) is 4.11. The number of carbonyl (C=O) groups is 1. The summed E-state index contributed by atoms with van der Waals surface area (Å²) in [6, 6.07) is 3.01. The molecule has 0 bridgehead atoms. The van der Waals surface area contributed by atoms with Gasteiger partial charge in [-0.2, -0.15) is 0 Å². The lowest BCUT2D eigenvalue weighted by atomic mass is 10.3. The Balaban J connectivity index is 2.37. The molecule has 20 heavy (non-hydrogen) atoms. The maximum absolute atomic E-state index is 12.3. The summed E-state index contributed by atoms with van der Waals surface area (Å²) in [5.41, 5.74) is 0.291. The van der Waals surface area contributed by atoms with E-state index in [-0.39, 0.29) is 15.8 Å². The van der Waals surface area contributed by atoms with Crippen LogP contribution >= 0.6 is 11.3 Å². The molecule has 0 aliphatic heterocycles. The second kappa shape index (κ2) is 5.29. The molecular formula is C12H14N2O4S2. The molecule has 0 saturated heterocycles. The minimum atomic E-state index is -3.77. The first kappa shape index (κ1) is 14.6. The number of anilines is 1. The molecule has 0 atom stereocenters. The third-order valence-corrected chi connectivity index (χ3v) is 5.07. The summed E-state index contributed by atoms with van der Waals surface area (Å²) in [6.45, 7) is 3.25. The van der Waals surface area contributed by atoms with Crippen molar-refractivity contribution in [1.82, 2.24) is 5.32 Å². The number of carbonyl (C=O) groups excluding carboxylic acids is 1. The van der Waals surface area contributed by atoms with Gasteiger partial charge >= 0.3 is 0 Å². The summed E-state index contributed by atoms with van der Waals surface area (Å²) in [5.74, 6) is 0.484. The lowest BCUT2D eigenvalue weighted by molar-refractivity contribution is 0.0964. The molecule has 0 spiro atoms. The predicted octanol–water partition coefficient (Wildman–Crippen LogP) is 2.12. The van der Waals surface area contributed by atoms with Crippen LogP contribution in [0.25, 0.3) is 0 Å². The highest BCUT2D eigenvalue weighted by Gasteiger charge is 2.23. The highest BCUT2D eigenvalue weighted by molar-refractivity contribution is 7.93. The van der Waals surface area contributed by atoms with E-state index < -0.39 is 10.0 Å². The van der Waals surface area contributed by atoms with E-state index in [4.69, 9.17) is 4.42 Å². The topological polar surface area (TPSA) is 88.4 Å². The van der Waals surface area contributed by atoms with Gasteiger partial charge in [0, 0.05) is 13.1 Å². The van der Waals surface area contributed by atoms with E-state index in [0.717, 1.165) is 11.3 Å². The number of thiophene rings is 1. The van der Waals surface area contributed by atoms with Crippen molar-refractivity contribution in [2.75, 3.05) is 11.8 Å². The van der Waals surface area contributed by atoms with Crippen LogP contribution in [-0.4, -0.2) is 21.4 Å². The second-order valence-corrected chi connectivity index (χ2v) is 6.69. The maximum atomic E-state index is 12.3. The molecule has 0 fully saturated rings. The van der Waals surface area contributed by atoms with Crippen molar-refractivity contribution in [2.24, 2.45) is 0 Å². The Labute approximate surface area is 120 Å². The van der Waals surface area contributed by atoms with E-state index in [2.05, 4.69) is 10.0 Å². The van der Waals surface area contributed by atoms with Gasteiger partial charge in [0.2, 0.25) is 0 Å². The molecule has 0 unspecified atom stereocenters. The van der Waals surface area contributed by atoms with E-state index in [1.54, 1.807) is 25.3 Å². The molecule has 0 radical (unpaired) electrons. The molecule has 2 aromatic heterocycles. The monoisotopic (exact) mass is 314 g/mol. The second-order valence-electron chi connectivity index (χ2n) is 4.13. The molecule has 1 amide bonds. The first-order valence-electron chi connectivity index (χ1n) is 5.74. The summed E-state index contributed by atoms with van der Waals surface area (Å²) < 4.78 is 32.2. The predicted molar refractivity (Wildman–Crippen MR) is 76.7 cm³/mol. The highest BCUT2D eigenvalue weighted by atomic mass is 32.2. The fraction of sp³-hybridized carbons (Fsp3) is 0.250. The Bertz CT molecular complexity index is 743. The van der Waals surface area contributed by atoms with E-state index in [1.165, 1.54) is 13.1 Å². The number of aryl methyl sites for hydroxylation is 2. The number of rotatable bonds is 4. The van der Waals surface area contributed by atoms with Crippen molar-refractivity contribution < 1.29 is 17.6 Å². The van der Waals surface area contributed by atoms with Crippen molar-refractivity contribution in [2.45, 2.75) is 18.7 Å². The van der Waals surface area contributed by atoms with Crippen LogP contribution in [0.2, 0.25) is 0 Å². The lowest BCUT2D eigenvalue weighted by Gasteiger charge is -2.07. The van der Waals surface area contributed by atoms with Crippen molar-refractivity contribution in [1.29, 1.82) is 0 Å². The lowest BCUT2D eigenvalue weighted by Crippen LogP contribution is -2.20. The van der Waals surface area contributed by atoms with Crippen LogP contribution in [0.15, 0.2) is 26.8 Å². The third-order valence-electron chi connectivity index (χ3n) is 2.65. The SMILES string of the molecule is CNC(=O)c1ccsc1NS(=O)(=O)c1cc(C)oc1C. The number of sulfonamides is 1. The Hall–Kier alpha value is -1.80. The summed E-state index contributed by atoms with van der Waals surface area (Å²) >= 11 is 1.15. The van der Waals surface area contributed by atoms with Crippen LogP contribution in [0.1, 0.15) is 21.9 Å². The zero-order chi connectivity index (χ0) is 14.9. The van der Waals surface area contributed by atoms with E-state index in [0.29, 0.717) is 17.1 Å². The average molecular weight is 314 g/mol.